The zero-order valence-electron chi connectivity index (χ0n) is 15.6. The molecule has 1 aliphatic heterocycles. The molecule has 11 heteroatoms. The van der Waals surface area contributed by atoms with E-state index in [4.69, 9.17) is 10.8 Å². The van der Waals surface area contributed by atoms with E-state index in [9.17, 15) is 13.5 Å². The van der Waals surface area contributed by atoms with Crippen molar-refractivity contribution in [2.24, 2.45) is 4.99 Å². The van der Waals surface area contributed by atoms with Gasteiger partial charge in [-0.25, -0.2) is 22.7 Å². The number of aliphatic imine (C=N–C) groups is 1. The molecular formula is C17H25N6O4S+. The third-order valence-corrected chi connectivity index (χ3v) is 5.11. The molecular weight excluding hydrogens is 384 g/mol. The van der Waals surface area contributed by atoms with E-state index in [2.05, 4.69) is 19.4 Å². The second-order valence-corrected chi connectivity index (χ2v) is 8.52. The van der Waals surface area contributed by atoms with Gasteiger partial charge in [-0.1, -0.05) is 0 Å². The fourth-order valence-corrected chi connectivity index (χ4v) is 3.66. The number of anilines is 1. The van der Waals surface area contributed by atoms with Gasteiger partial charge in [0.15, 0.2) is 0 Å². The number of hydrogen-bond acceptors (Lipinski definition) is 7. The number of sulfonamides is 1. The van der Waals surface area contributed by atoms with Crippen molar-refractivity contribution in [2.75, 3.05) is 31.7 Å². The average molecular weight is 409 g/mol. The number of nitrogens with zero attached hydrogens (tertiary/aromatic N) is 4. The summed E-state index contributed by atoms with van der Waals surface area (Å²) in [4.78, 5) is 4.45. The Balaban J connectivity index is 1.96. The molecule has 3 rings (SSSR count). The van der Waals surface area contributed by atoms with Crippen LogP contribution in [-0.2, 0) is 16.6 Å². The average Bonchev–Trinajstić information content (AvgIpc) is 2.96. The van der Waals surface area contributed by atoms with Crippen LogP contribution in [0.1, 0.15) is 12.8 Å². The van der Waals surface area contributed by atoms with Gasteiger partial charge in [-0.05, 0) is 6.08 Å². The molecule has 5 N–H and O–H groups in total. The number of aromatic nitrogens is 2. The van der Waals surface area contributed by atoms with Crippen molar-refractivity contribution in [1.82, 2.24) is 14.5 Å². The van der Waals surface area contributed by atoms with Gasteiger partial charge in [-0.3, -0.25) is 4.72 Å². The van der Waals surface area contributed by atoms with Crippen molar-refractivity contribution in [3.63, 3.8) is 0 Å². The smallest absolute Gasteiger partial charge is 0.229 e. The first-order valence-corrected chi connectivity index (χ1v) is 10.8. The van der Waals surface area contributed by atoms with E-state index >= 15 is 0 Å². The predicted molar refractivity (Wildman–Crippen MR) is 106 cm³/mol. The zero-order chi connectivity index (χ0) is 20.3. The zero-order valence-corrected chi connectivity index (χ0v) is 16.4. The van der Waals surface area contributed by atoms with Crippen LogP contribution >= 0.6 is 0 Å². The highest BCUT2D eigenvalue weighted by Crippen LogP contribution is 2.23. The Kier molecular flexibility index (Phi) is 5.96. The van der Waals surface area contributed by atoms with E-state index in [1.807, 2.05) is 6.08 Å². The lowest BCUT2D eigenvalue weighted by Gasteiger charge is -2.18. The maximum atomic E-state index is 11.8. The van der Waals surface area contributed by atoms with Crippen LogP contribution in [0.15, 0.2) is 35.1 Å². The third-order valence-electron chi connectivity index (χ3n) is 4.52. The highest BCUT2D eigenvalue weighted by molar-refractivity contribution is 7.88. The van der Waals surface area contributed by atoms with E-state index in [0.29, 0.717) is 43.0 Å². The SMILES string of the molecule is CS(=O)(=O)NC1=CC(=[N+]2CCC(O)CC2)C=C/C1=N/c1cnn(CCO)c1N. The molecule has 0 radical (unpaired) electrons. The van der Waals surface area contributed by atoms with Gasteiger partial charge >= 0.3 is 0 Å². The normalized spacial score (nSPS) is 21.9. The van der Waals surface area contributed by atoms with E-state index in [1.54, 1.807) is 12.2 Å². The van der Waals surface area contributed by atoms with Crippen LogP contribution < -0.4 is 10.5 Å². The second kappa shape index (κ2) is 8.25. The molecule has 1 aromatic rings. The molecule has 0 unspecified atom stereocenters. The van der Waals surface area contributed by atoms with Crippen molar-refractivity contribution in [3.05, 3.63) is 30.1 Å². The van der Waals surface area contributed by atoms with Gasteiger partial charge in [0, 0.05) is 25.0 Å². The molecule has 10 nitrogen and oxygen atoms in total. The minimum Gasteiger partial charge on any atom is -0.394 e. The minimum atomic E-state index is -3.52. The number of allylic oxidation sites excluding steroid dienone is 3. The molecule has 1 fully saturated rings. The van der Waals surface area contributed by atoms with Gasteiger partial charge in [0.2, 0.25) is 15.7 Å². The molecule has 28 heavy (non-hydrogen) atoms. The quantitative estimate of drug-likeness (QED) is 0.368. The van der Waals surface area contributed by atoms with Crippen LogP contribution in [-0.4, -0.2) is 76.5 Å². The van der Waals surface area contributed by atoms with Crippen LogP contribution in [0.3, 0.4) is 0 Å². The van der Waals surface area contributed by atoms with E-state index in [0.717, 1.165) is 12.0 Å². The lowest BCUT2D eigenvalue weighted by molar-refractivity contribution is -0.540. The summed E-state index contributed by atoms with van der Waals surface area (Å²) in [7, 11) is -3.52. The number of aliphatic hydroxyl groups is 2. The molecule has 0 bridgehead atoms. The topological polar surface area (TPSA) is 146 Å². The Labute approximate surface area is 163 Å². The molecule has 0 aromatic carbocycles. The Morgan fingerprint density at radius 2 is 2.11 bits per heavy atom. The van der Waals surface area contributed by atoms with Crippen LogP contribution in [0.4, 0.5) is 11.5 Å². The highest BCUT2D eigenvalue weighted by Gasteiger charge is 2.24. The lowest BCUT2D eigenvalue weighted by Crippen LogP contribution is -2.34. The Morgan fingerprint density at radius 1 is 1.39 bits per heavy atom. The number of nitrogens with two attached hydrogens (primary N) is 1. The number of rotatable bonds is 5. The predicted octanol–water partition coefficient (Wildman–Crippen LogP) is -0.859. The number of nitrogens with one attached hydrogen (secondary N) is 1. The summed E-state index contributed by atoms with van der Waals surface area (Å²) < 4.78 is 29.7. The fraction of sp³-hybridized carbons (Fsp3) is 0.471. The summed E-state index contributed by atoms with van der Waals surface area (Å²) in [5.41, 5.74) is 7.97. The first-order valence-electron chi connectivity index (χ1n) is 8.95. The first-order chi connectivity index (χ1) is 13.3. The molecule has 1 saturated heterocycles. The molecule has 0 amide bonds. The number of hydrogen-bond donors (Lipinski definition) is 4. The van der Waals surface area contributed by atoms with Crippen LogP contribution in [0.25, 0.3) is 0 Å². The van der Waals surface area contributed by atoms with E-state index < -0.39 is 10.0 Å². The van der Waals surface area contributed by atoms with Gasteiger partial charge in [-0.15, -0.1) is 0 Å². The van der Waals surface area contributed by atoms with Gasteiger partial charge in [0.05, 0.1) is 43.1 Å². The molecule has 0 atom stereocenters. The molecule has 0 saturated carbocycles. The largest absolute Gasteiger partial charge is 0.394 e. The Hall–Kier alpha value is -2.50. The fourth-order valence-electron chi connectivity index (χ4n) is 3.10. The van der Waals surface area contributed by atoms with Crippen molar-refractivity contribution < 1.29 is 23.2 Å². The minimum absolute atomic E-state index is 0.106. The molecule has 152 valence electrons. The molecule has 1 aliphatic carbocycles. The second-order valence-electron chi connectivity index (χ2n) is 6.77. The highest BCUT2D eigenvalue weighted by atomic mass is 32.2. The summed E-state index contributed by atoms with van der Waals surface area (Å²) >= 11 is 0. The van der Waals surface area contributed by atoms with Crippen LogP contribution in [0.5, 0.6) is 0 Å². The molecule has 2 aliphatic rings. The maximum Gasteiger partial charge on any atom is 0.229 e. The number of aliphatic hydroxyl groups excluding tert-OH is 2. The Morgan fingerprint density at radius 3 is 2.75 bits per heavy atom. The molecule has 2 heterocycles. The summed E-state index contributed by atoms with van der Waals surface area (Å²) in [6, 6.07) is 0. The van der Waals surface area contributed by atoms with Crippen molar-refractivity contribution in [1.29, 1.82) is 0 Å². The van der Waals surface area contributed by atoms with Gasteiger partial charge in [0.25, 0.3) is 0 Å². The standard InChI is InChI=1S/C17H24N6O4S/c1-28(26,27)21-15-10-12(22-6-4-13(25)5-7-22)2-3-14(15)20-16-11-19-23(8-9-24)17(16)18/h2-3,10-11,13,24-25H,4-9H2,1H3,(H2,18,19,21)/p+1. The van der Waals surface area contributed by atoms with Gasteiger partial charge in [0.1, 0.15) is 24.6 Å². The van der Waals surface area contributed by atoms with Gasteiger partial charge < -0.3 is 15.9 Å². The van der Waals surface area contributed by atoms with E-state index in [-0.39, 0.29) is 25.1 Å². The summed E-state index contributed by atoms with van der Waals surface area (Å²) in [5.74, 6) is 0.286. The van der Waals surface area contributed by atoms with Crippen molar-refractivity contribution in [2.45, 2.75) is 25.5 Å². The summed E-state index contributed by atoms with van der Waals surface area (Å²) in [6.45, 7) is 1.52. The molecule has 1 aromatic heterocycles. The monoisotopic (exact) mass is 409 g/mol. The lowest BCUT2D eigenvalue weighted by atomic mass is 10.1. The number of nitrogen functional groups attached to an aromatic ring is 1. The van der Waals surface area contributed by atoms with Crippen LogP contribution in [0, 0.1) is 0 Å². The Bertz CT molecular complexity index is 964. The third kappa shape index (κ3) is 4.86. The summed E-state index contributed by atoms with van der Waals surface area (Å²) in [5, 5.41) is 22.8. The summed E-state index contributed by atoms with van der Waals surface area (Å²) in [6.07, 6.45) is 8.89. The van der Waals surface area contributed by atoms with Crippen molar-refractivity contribution >= 4 is 33.0 Å². The van der Waals surface area contributed by atoms with Gasteiger partial charge in [-0.2, -0.15) is 5.10 Å². The first kappa shape index (κ1) is 20.2. The maximum absolute atomic E-state index is 11.8. The number of piperidine rings is 1. The van der Waals surface area contributed by atoms with E-state index in [1.165, 1.54) is 10.9 Å². The van der Waals surface area contributed by atoms with Crippen LogP contribution in [0.2, 0.25) is 0 Å². The van der Waals surface area contributed by atoms with Crippen molar-refractivity contribution in [3.8, 4) is 0 Å². The molecule has 0 spiro atoms.